The van der Waals surface area contributed by atoms with Crippen molar-refractivity contribution >= 4 is 15.8 Å². The van der Waals surface area contributed by atoms with Gasteiger partial charge < -0.3 is 15.5 Å². The van der Waals surface area contributed by atoms with Gasteiger partial charge in [0, 0.05) is 32.4 Å². The molecule has 0 radical (unpaired) electrons. The highest BCUT2D eigenvalue weighted by Crippen LogP contribution is 2.07. The first-order chi connectivity index (χ1) is 11.7. The number of hydrogen-bond acceptors (Lipinski definition) is 4. The van der Waals surface area contributed by atoms with E-state index in [-0.39, 0.29) is 11.8 Å². The first kappa shape index (κ1) is 21.4. The smallest absolute Gasteiger partial charge is 0.191 e. The van der Waals surface area contributed by atoms with Gasteiger partial charge in [-0.3, -0.25) is 4.99 Å². The van der Waals surface area contributed by atoms with Gasteiger partial charge in [0.15, 0.2) is 5.96 Å². The number of guanidine groups is 1. The van der Waals surface area contributed by atoms with Gasteiger partial charge in [-0.05, 0) is 38.1 Å². The van der Waals surface area contributed by atoms with Gasteiger partial charge in [-0.25, -0.2) is 8.42 Å². The number of nitrogens with zero attached hydrogens (tertiary/aromatic N) is 2. The Morgan fingerprint density at radius 2 is 2.00 bits per heavy atom. The molecule has 0 spiro atoms. The summed E-state index contributed by atoms with van der Waals surface area (Å²) in [7, 11) is 0.881. The average molecular weight is 369 g/mol. The summed E-state index contributed by atoms with van der Waals surface area (Å²) in [6, 6.07) is 8.52. The molecule has 0 aromatic heterocycles. The van der Waals surface area contributed by atoms with Crippen molar-refractivity contribution in [1.29, 1.82) is 0 Å². The van der Waals surface area contributed by atoms with Crippen molar-refractivity contribution in [2.45, 2.75) is 39.4 Å². The number of hydrogen-bond donors (Lipinski definition) is 2. The second kappa shape index (κ2) is 10.4. The van der Waals surface area contributed by atoms with E-state index in [2.05, 4.69) is 58.8 Å². The fraction of sp³-hybridized carbons (Fsp3) is 0.611. The van der Waals surface area contributed by atoms with Crippen LogP contribution in [0.5, 0.6) is 0 Å². The van der Waals surface area contributed by atoms with Crippen LogP contribution in [0.4, 0.5) is 0 Å². The van der Waals surface area contributed by atoms with Crippen LogP contribution in [0.15, 0.2) is 29.3 Å². The first-order valence-electron chi connectivity index (χ1n) is 8.64. The van der Waals surface area contributed by atoms with Crippen molar-refractivity contribution in [1.82, 2.24) is 15.5 Å². The maximum Gasteiger partial charge on any atom is 0.191 e. The average Bonchev–Trinajstić information content (AvgIpc) is 2.56. The summed E-state index contributed by atoms with van der Waals surface area (Å²) in [5.41, 5.74) is 2.47. The van der Waals surface area contributed by atoms with Gasteiger partial charge in [0.05, 0.1) is 5.75 Å². The summed E-state index contributed by atoms with van der Waals surface area (Å²) in [6.45, 7) is 6.72. The van der Waals surface area contributed by atoms with Gasteiger partial charge in [0.25, 0.3) is 0 Å². The van der Waals surface area contributed by atoms with Gasteiger partial charge in [-0.1, -0.05) is 31.2 Å². The van der Waals surface area contributed by atoms with Crippen LogP contribution in [0, 0.1) is 0 Å². The molecule has 0 amide bonds. The van der Waals surface area contributed by atoms with Gasteiger partial charge in [0.2, 0.25) is 0 Å². The molecule has 0 saturated carbocycles. The Morgan fingerprint density at radius 1 is 1.32 bits per heavy atom. The molecule has 0 aliphatic rings. The van der Waals surface area contributed by atoms with E-state index in [0.29, 0.717) is 18.9 Å². The van der Waals surface area contributed by atoms with Crippen LogP contribution in [-0.2, 0) is 22.9 Å². The minimum Gasteiger partial charge on any atom is -0.354 e. The first-order valence-corrected chi connectivity index (χ1v) is 10.7. The van der Waals surface area contributed by atoms with Crippen LogP contribution in [0.1, 0.15) is 31.4 Å². The summed E-state index contributed by atoms with van der Waals surface area (Å²) in [5, 5.41) is 6.52. The zero-order chi connectivity index (χ0) is 18.9. The summed E-state index contributed by atoms with van der Waals surface area (Å²) in [6.07, 6.45) is 1.81. The Bertz CT molecular complexity index is 659. The van der Waals surface area contributed by atoms with E-state index < -0.39 is 9.84 Å². The third-order valence-electron chi connectivity index (χ3n) is 3.97. The molecular weight excluding hydrogens is 336 g/mol. The molecule has 0 heterocycles. The predicted molar refractivity (Wildman–Crippen MR) is 106 cm³/mol. The second-order valence-corrected chi connectivity index (χ2v) is 8.80. The van der Waals surface area contributed by atoms with Crippen molar-refractivity contribution in [2.24, 2.45) is 4.99 Å². The highest BCUT2D eigenvalue weighted by molar-refractivity contribution is 7.90. The van der Waals surface area contributed by atoms with E-state index in [1.807, 2.05) is 6.92 Å². The summed E-state index contributed by atoms with van der Waals surface area (Å²) in [5.74, 6) is 0.850. The number of sulfone groups is 1. The van der Waals surface area contributed by atoms with E-state index in [4.69, 9.17) is 0 Å². The molecule has 1 rings (SSSR count). The summed E-state index contributed by atoms with van der Waals surface area (Å²) >= 11 is 0. The van der Waals surface area contributed by atoms with Crippen LogP contribution < -0.4 is 10.6 Å². The Morgan fingerprint density at radius 3 is 2.60 bits per heavy atom. The number of aliphatic imine (C=N–C) groups is 1. The zero-order valence-corrected chi connectivity index (χ0v) is 16.9. The molecule has 0 aliphatic heterocycles. The summed E-state index contributed by atoms with van der Waals surface area (Å²) < 4.78 is 22.5. The predicted octanol–water partition coefficient (Wildman–Crippen LogP) is 1.63. The van der Waals surface area contributed by atoms with E-state index >= 15 is 0 Å². The molecule has 0 aliphatic carbocycles. The van der Waals surface area contributed by atoms with E-state index in [9.17, 15) is 8.42 Å². The molecule has 0 fully saturated rings. The molecule has 6 nitrogen and oxygen atoms in total. The molecule has 0 bridgehead atoms. The van der Waals surface area contributed by atoms with Crippen molar-refractivity contribution in [3.63, 3.8) is 0 Å². The van der Waals surface area contributed by atoms with E-state index in [1.165, 1.54) is 17.4 Å². The lowest BCUT2D eigenvalue weighted by Crippen LogP contribution is -2.42. The van der Waals surface area contributed by atoms with Gasteiger partial charge >= 0.3 is 0 Å². The van der Waals surface area contributed by atoms with E-state index in [1.54, 1.807) is 7.05 Å². The van der Waals surface area contributed by atoms with E-state index in [0.717, 1.165) is 13.1 Å². The zero-order valence-electron chi connectivity index (χ0n) is 16.0. The fourth-order valence-corrected chi connectivity index (χ4v) is 3.12. The Hall–Kier alpha value is -1.60. The fourth-order valence-electron chi connectivity index (χ4n) is 2.34. The molecular formula is C18H32N4O2S. The normalized spacial score (nSPS) is 13.8. The van der Waals surface area contributed by atoms with Gasteiger partial charge in [-0.2, -0.15) is 0 Å². The lowest BCUT2D eigenvalue weighted by atomic mass is 10.1. The lowest BCUT2D eigenvalue weighted by molar-refractivity contribution is 0.345. The maximum atomic E-state index is 11.3. The molecule has 0 saturated heterocycles. The molecule has 1 unspecified atom stereocenters. The molecule has 25 heavy (non-hydrogen) atoms. The minimum atomic E-state index is -2.94. The second-order valence-electron chi connectivity index (χ2n) is 6.54. The van der Waals surface area contributed by atoms with Gasteiger partial charge in [-0.15, -0.1) is 0 Å². The van der Waals surface area contributed by atoms with Crippen LogP contribution in [0.25, 0.3) is 0 Å². The number of nitrogens with one attached hydrogen (secondary N) is 2. The summed E-state index contributed by atoms with van der Waals surface area (Å²) in [4.78, 5) is 6.47. The Balaban J connectivity index is 2.53. The largest absolute Gasteiger partial charge is 0.354 e. The van der Waals surface area contributed by atoms with Crippen molar-refractivity contribution < 1.29 is 8.42 Å². The third-order valence-corrected chi connectivity index (χ3v) is 4.95. The SMILES string of the molecule is CCN(C)Cc1cccc(CNC(=NC)NC(C)CCS(C)(=O)=O)c1. The van der Waals surface area contributed by atoms with Crippen LogP contribution in [0.2, 0.25) is 0 Å². The van der Waals surface area contributed by atoms with Crippen molar-refractivity contribution in [3.05, 3.63) is 35.4 Å². The Labute approximate surface area is 152 Å². The topological polar surface area (TPSA) is 73.8 Å². The Kier molecular flexibility index (Phi) is 8.92. The molecule has 2 N–H and O–H groups in total. The molecule has 1 aromatic carbocycles. The van der Waals surface area contributed by atoms with Crippen molar-refractivity contribution in [3.8, 4) is 0 Å². The third kappa shape index (κ3) is 9.45. The highest BCUT2D eigenvalue weighted by atomic mass is 32.2. The van der Waals surface area contributed by atoms with Crippen molar-refractivity contribution in [2.75, 3.05) is 32.6 Å². The monoisotopic (exact) mass is 368 g/mol. The van der Waals surface area contributed by atoms with Gasteiger partial charge in [0.1, 0.15) is 9.84 Å². The van der Waals surface area contributed by atoms with Crippen LogP contribution in [0.3, 0.4) is 0 Å². The highest BCUT2D eigenvalue weighted by Gasteiger charge is 2.09. The number of benzene rings is 1. The lowest BCUT2D eigenvalue weighted by Gasteiger charge is -2.18. The molecule has 1 aromatic rings. The van der Waals surface area contributed by atoms with Crippen LogP contribution in [-0.4, -0.2) is 58.0 Å². The minimum absolute atomic E-state index is 0.0328. The quantitative estimate of drug-likeness (QED) is 0.512. The molecule has 1 atom stereocenters. The maximum absolute atomic E-state index is 11.3. The molecule has 142 valence electrons. The standard InChI is InChI=1S/C18H32N4O2S/c1-6-22(4)14-17-9-7-8-16(12-17)13-20-18(19-3)21-15(2)10-11-25(5,23)24/h7-9,12,15H,6,10-11,13-14H2,1-5H3,(H2,19,20,21). The number of rotatable bonds is 9. The molecule has 7 heteroatoms. The van der Waals surface area contributed by atoms with Crippen LogP contribution >= 0.6 is 0 Å².